The number of nitrogens with one attached hydrogen (secondary N) is 1. The minimum atomic E-state index is -0.461. The lowest BCUT2D eigenvalue weighted by atomic mass is 10.1. The SMILES string of the molecule is Cc1cc(C(=O)NCc2ccc(F)c(CO)c2)ccc1-n1cncn1. The van der Waals surface area contributed by atoms with Crippen LogP contribution in [0.25, 0.3) is 5.69 Å². The molecule has 0 aliphatic rings. The summed E-state index contributed by atoms with van der Waals surface area (Å²) in [5, 5.41) is 16.0. The molecular weight excluding hydrogens is 323 g/mol. The second-order valence-electron chi connectivity index (χ2n) is 5.61. The number of rotatable bonds is 5. The van der Waals surface area contributed by atoms with Crippen LogP contribution in [0.2, 0.25) is 0 Å². The van der Waals surface area contributed by atoms with Gasteiger partial charge >= 0.3 is 0 Å². The Balaban J connectivity index is 1.70. The lowest BCUT2D eigenvalue weighted by Gasteiger charge is -2.10. The first-order valence-corrected chi connectivity index (χ1v) is 7.70. The normalized spacial score (nSPS) is 10.7. The molecule has 3 rings (SSSR count). The zero-order chi connectivity index (χ0) is 17.8. The molecule has 25 heavy (non-hydrogen) atoms. The number of aliphatic hydroxyl groups excluding tert-OH is 1. The van der Waals surface area contributed by atoms with Gasteiger partial charge in [-0.15, -0.1) is 0 Å². The summed E-state index contributed by atoms with van der Waals surface area (Å²) in [5.74, 6) is -0.694. The van der Waals surface area contributed by atoms with Gasteiger partial charge in [-0.25, -0.2) is 14.1 Å². The highest BCUT2D eigenvalue weighted by Gasteiger charge is 2.10. The second-order valence-corrected chi connectivity index (χ2v) is 5.61. The summed E-state index contributed by atoms with van der Waals surface area (Å²) < 4.78 is 15.0. The van der Waals surface area contributed by atoms with Crippen molar-refractivity contribution >= 4 is 5.91 Å². The van der Waals surface area contributed by atoms with E-state index < -0.39 is 5.82 Å². The molecule has 0 bridgehead atoms. The fraction of sp³-hybridized carbons (Fsp3) is 0.167. The molecule has 0 spiro atoms. The molecule has 3 aromatic rings. The summed E-state index contributed by atoms with van der Waals surface area (Å²) in [6.07, 6.45) is 3.04. The van der Waals surface area contributed by atoms with E-state index >= 15 is 0 Å². The highest BCUT2D eigenvalue weighted by Crippen LogP contribution is 2.15. The van der Waals surface area contributed by atoms with Gasteiger partial charge in [-0.1, -0.05) is 6.07 Å². The van der Waals surface area contributed by atoms with Gasteiger partial charge in [0.25, 0.3) is 5.91 Å². The third kappa shape index (κ3) is 3.72. The van der Waals surface area contributed by atoms with E-state index in [1.165, 1.54) is 18.5 Å². The van der Waals surface area contributed by atoms with Crippen LogP contribution in [0.5, 0.6) is 0 Å². The highest BCUT2D eigenvalue weighted by molar-refractivity contribution is 5.94. The Morgan fingerprint density at radius 1 is 1.28 bits per heavy atom. The molecule has 0 saturated carbocycles. The summed E-state index contributed by atoms with van der Waals surface area (Å²) in [6, 6.07) is 9.69. The first-order valence-electron chi connectivity index (χ1n) is 7.70. The molecule has 1 aromatic heterocycles. The fourth-order valence-corrected chi connectivity index (χ4v) is 2.53. The highest BCUT2D eigenvalue weighted by atomic mass is 19.1. The molecule has 1 amide bonds. The number of hydrogen-bond donors (Lipinski definition) is 2. The van der Waals surface area contributed by atoms with E-state index in [2.05, 4.69) is 15.4 Å². The van der Waals surface area contributed by atoms with Gasteiger partial charge in [0.15, 0.2) is 0 Å². The predicted molar refractivity (Wildman–Crippen MR) is 89.6 cm³/mol. The maximum absolute atomic E-state index is 13.4. The zero-order valence-corrected chi connectivity index (χ0v) is 13.6. The van der Waals surface area contributed by atoms with Crippen LogP contribution in [0.3, 0.4) is 0 Å². The van der Waals surface area contributed by atoms with Gasteiger partial charge in [0.1, 0.15) is 18.5 Å². The van der Waals surface area contributed by atoms with E-state index in [1.54, 1.807) is 35.3 Å². The third-order valence-electron chi connectivity index (χ3n) is 3.86. The van der Waals surface area contributed by atoms with Crippen molar-refractivity contribution in [3.8, 4) is 5.69 Å². The van der Waals surface area contributed by atoms with E-state index in [0.717, 1.165) is 16.8 Å². The number of aliphatic hydroxyl groups is 1. The molecule has 1 heterocycles. The van der Waals surface area contributed by atoms with E-state index in [-0.39, 0.29) is 24.6 Å². The van der Waals surface area contributed by atoms with Crippen molar-refractivity contribution in [3.63, 3.8) is 0 Å². The molecule has 6 nitrogen and oxygen atoms in total. The molecule has 0 atom stereocenters. The topological polar surface area (TPSA) is 80.0 Å². The Morgan fingerprint density at radius 3 is 2.80 bits per heavy atom. The Bertz CT molecular complexity index is 894. The number of hydrogen-bond acceptors (Lipinski definition) is 4. The van der Waals surface area contributed by atoms with E-state index in [9.17, 15) is 9.18 Å². The van der Waals surface area contributed by atoms with Gasteiger partial charge in [0.05, 0.1) is 12.3 Å². The van der Waals surface area contributed by atoms with Gasteiger partial charge in [0, 0.05) is 17.7 Å². The fourth-order valence-electron chi connectivity index (χ4n) is 2.53. The maximum atomic E-state index is 13.4. The summed E-state index contributed by atoms with van der Waals surface area (Å²) in [6.45, 7) is 1.76. The van der Waals surface area contributed by atoms with Gasteiger partial charge in [0.2, 0.25) is 0 Å². The molecule has 0 fully saturated rings. The van der Waals surface area contributed by atoms with E-state index in [0.29, 0.717) is 5.56 Å². The summed E-state index contributed by atoms with van der Waals surface area (Å²) >= 11 is 0. The number of carbonyl (C=O) groups excluding carboxylic acids is 1. The van der Waals surface area contributed by atoms with Crippen molar-refractivity contribution in [3.05, 3.63) is 77.1 Å². The average molecular weight is 340 g/mol. The van der Waals surface area contributed by atoms with E-state index in [1.807, 2.05) is 6.92 Å². The van der Waals surface area contributed by atoms with Crippen molar-refractivity contribution in [1.29, 1.82) is 0 Å². The average Bonchev–Trinajstić information content (AvgIpc) is 3.15. The van der Waals surface area contributed by atoms with Crippen LogP contribution in [0.1, 0.15) is 27.0 Å². The Hall–Kier alpha value is -3.06. The molecule has 0 aliphatic carbocycles. The van der Waals surface area contributed by atoms with Gasteiger partial charge in [-0.2, -0.15) is 5.10 Å². The summed E-state index contributed by atoms with van der Waals surface area (Å²) in [7, 11) is 0. The zero-order valence-electron chi connectivity index (χ0n) is 13.6. The smallest absolute Gasteiger partial charge is 0.251 e. The summed E-state index contributed by atoms with van der Waals surface area (Å²) in [5.41, 5.74) is 3.18. The molecule has 0 unspecified atom stereocenters. The number of aryl methyl sites for hydroxylation is 1. The predicted octanol–water partition coefficient (Wildman–Crippen LogP) is 2.14. The number of nitrogens with zero attached hydrogens (tertiary/aromatic N) is 3. The van der Waals surface area contributed by atoms with Crippen molar-refractivity contribution < 1.29 is 14.3 Å². The van der Waals surface area contributed by atoms with Gasteiger partial charge in [-0.05, 0) is 48.4 Å². The van der Waals surface area contributed by atoms with E-state index in [4.69, 9.17) is 5.11 Å². The van der Waals surface area contributed by atoms with Crippen molar-refractivity contribution in [2.75, 3.05) is 0 Å². The monoisotopic (exact) mass is 340 g/mol. The standard InChI is InChI=1S/C18H17FN4O2/c1-12-6-14(3-5-17(12)23-11-20-10-22-23)18(25)21-8-13-2-4-16(19)15(7-13)9-24/h2-7,10-11,24H,8-9H2,1H3,(H,21,25). The minimum absolute atomic E-state index is 0.208. The lowest BCUT2D eigenvalue weighted by Crippen LogP contribution is -2.23. The first-order chi connectivity index (χ1) is 12.1. The van der Waals surface area contributed by atoms with Gasteiger partial charge in [-0.3, -0.25) is 4.79 Å². The largest absolute Gasteiger partial charge is 0.392 e. The van der Waals surface area contributed by atoms with Crippen LogP contribution < -0.4 is 5.32 Å². The molecule has 2 aromatic carbocycles. The maximum Gasteiger partial charge on any atom is 0.251 e. The van der Waals surface area contributed by atoms with Crippen LogP contribution in [-0.2, 0) is 13.2 Å². The second kappa shape index (κ2) is 7.23. The first kappa shape index (κ1) is 16.8. The summed E-state index contributed by atoms with van der Waals surface area (Å²) in [4.78, 5) is 16.2. The van der Waals surface area contributed by atoms with Crippen molar-refractivity contribution in [2.24, 2.45) is 0 Å². The molecule has 128 valence electrons. The van der Waals surface area contributed by atoms with Crippen molar-refractivity contribution in [2.45, 2.75) is 20.1 Å². The number of carbonyl (C=O) groups is 1. The van der Waals surface area contributed by atoms with Crippen LogP contribution in [0, 0.1) is 12.7 Å². The number of amides is 1. The lowest BCUT2D eigenvalue weighted by molar-refractivity contribution is 0.0951. The van der Waals surface area contributed by atoms with Crippen LogP contribution >= 0.6 is 0 Å². The Kier molecular flexibility index (Phi) is 4.85. The number of benzene rings is 2. The van der Waals surface area contributed by atoms with Crippen LogP contribution in [-0.4, -0.2) is 25.8 Å². The van der Waals surface area contributed by atoms with Crippen LogP contribution in [0.4, 0.5) is 4.39 Å². The molecule has 0 radical (unpaired) electrons. The van der Waals surface area contributed by atoms with Crippen LogP contribution in [0.15, 0.2) is 49.1 Å². The Labute approximate surface area is 144 Å². The van der Waals surface area contributed by atoms with Gasteiger partial charge < -0.3 is 10.4 Å². The number of aromatic nitrogens is 3. The molecular formula is C18H17FN4O2. The molecule has 0 aliphatic heterocycles. The minimum Gasteiger partial charge on any atom is -0.392 e. The molecule has 7 heteroatoms. The molecule has 2 N–H and O–H groups in total. The quantitative estimate of drug-likeness (QED) is 0.746. The third-order valence-corrected chi connectivity index (χ3v) is 3.86. The number of halogens is 1. The Morgan fingerprint density at radius 2 is 2.12 bits per heavy atom. The molecule has 0 saturated heterocycles. The van der Waals surface area contributed by atoms with Crippen molar-refractivity contribution in [1.82, 2.24) is 20.1 Å².